The van der Waals surface area contributed by atoms with Crippen molar-refractivity contribution in [1.82, 2.24) is 4.90 Å². The summed E-state index contributed by atoms with van der Waals surface area (Å²) in [5.74, 6) is -0.895. The standard InChI is InChI=1S/C16H17NO2/c1-17(2)11-12-7-9-13(10-8-12)14-5-3-4-6-15(14)16(18)19/h3-10H,11H2,1-2H3,(H,18,19). The molecule has 0 aliphatic carbocycles. The highest BCUT2D eigenvalue weighted by Crippen LogP contribution is 2.24. The van der Waals surface area contributed by atoms with Gasteiger partial charge in [0.1, 0.15) is 0 Å². The SMILES string of the molecule is CN(C)Cc1ccc(-c2ccccc2C(=O)O)cc1. The van der Waals surface area contributed by atoms with Crippen molar-refractivity contribution in [2.24, 2.45) is 0 Å². The average molecular weight is 255 g/mol. The van der Waals surface area contributed by atoms with Crippen molar-refractivity contribution in [2.75, 3.05) is 14.1 Å². The van der Waals surface area contributed by atoms with E-state index in [-0.39, 0.29) is 0 Å². The van der Waals surface area contributed by atoms with Crippen LogP contribution in [0.3, 0.4) is 0 Å². The maximum absolute atomic E-state index is 11.2. The van der Waals surface area contributed by atoms with Gasteiger partial charge in [0.2, 0.25) is 0 Å². The number of benzene rings is 2. The van der Waals surface area contributed by atoms with Crippen molar-refractivity contribution in [3.63, 3.8) is 0 Å². The van der Waals surface area contributed by atoms with E-state index in [2.05, 4.69) is 4.90 Å². The van der Waals surface area contributed by atoms with Gasteiger partial charge in [0.15, 0.2) is 0 Å². The van der Waals surface area contributed by atoms with E-state index in [1.807, 2.05) is 50.5 Å². The van der Waals surface area contributed by atoms with Crippen LogP contribution in [-0.2, 0) is 6.54 Å². The predicted molar refractivity (Wildman–Crippen MR) is 76.2 cm³/mol. The Bertz CT molecular complexity index is 574. The number of rotatable bonds is 4. The zero-order valence-corrected chi connectivity index (χ0v) is 11.1. The Morgan fingerprint density at radius 3 is 2.26 bits per heavy atom. The van der Waals surface area contributed by atoms with Crippen molar-refractivity contribution in [2.45, 2.75) is 6.54 Å². The van der Waals surface area contributed by atoms with Crippen molar-refractivity contribution < 1.29 is 9.90 Å². The Kier molecular flexibility index (Phi) is 3.97. The van der Waals surface area contributed by atoms with Crippen LogP contribution >= 0.6 is 0 Å². The van der Waals surface area contributed by atoms with E-state index < -0.39 is 5.97 Å². The minimum atomic E-state index is -0.895. The lowest BCUT2D eigenvalue weighted by Crippen LogP contribution is -2.10. The van der Waals surface area contributed by atoms with Gasteiger partial charge in [-0.05, 0) is 36.9 Å². The van der Waals surface area contributed by atoms with E-state index >= 15 is 0 Å². The number of carboxylic acid groups (broad SMARTS) is 1. The van der Waals surface area contributed by atoms with E-state index in [9.17, 15) is 9.90 Å². The highest BCUT2D eigenvalue weighted by Gasteiger charge is 2.10. The van der Waals surface area contributed by atoms with Gasteiger partial charge >= 0.3 is 5.97 Å². The number of hydrogen-bond donors (Lipinski definition) is 1. The number of carboxylic acids is 1. The predicted octanol–water partition coefficient (Wildman–Crippen LogP) is 3.11. The van der Waals surface area contributed by atoms with Crippen LogP contribution in [0.1, 0.15) is 15.9 Å². The minimum absolute atomic E-state index is 0.336. The molecule has 0 amide bonds. The van der Waals surface area contributed by atoms with Gasteiger partial charge in [0.25, 0.3) is 0 Å². The molecule has 2 aromatic rings. The van der Waals surface area contributed by atoms with Gasteiger partial charge in [0.05, 0.1) is 5.56 Å². The smallest absolute Gasteiger partial charge is 0.336 e. The van der Waals surface area contributed by atoms with E-state index in [0.717, 1.165) is 17.7 Å². The zero-order valence-electron chi connectivity index (χ0n) is 11.1. The molecule has 0 unspecified atom stereocenters. The van der Waals surface area contributed by atoms with Crippen LogP contribution in [0.5, 0.6) is 0 Å². The Morgan fingerprint density at radius 1 is 1.05 bits per heavy atom. The summed E-state index contributed by atoms with van der Waals surface area (Å²) in [6.45, 7) is 0.876. The number of aromatic carboxylic acids is 1. The summed E-state index contributed by atoms with van der Waals surface area (Å²) < 4.78 is 0. The summed E-state index contributed by atoms with van der Waals surface area (Å²) in [6.07, 6.45) is 0. The molecular weight excluding hydrogens is 238 g/mol. The van der Waals surface area contributed by atoms with Crippen LogP contribution in [0.4, 0.5) is 0 Å². The summed E-state index contributed by atoms with van der Waals surface area (Å²) in [4.78, 5) is 13.3. The molecule has 2 rings (SSSR count). The fourth-order valence-corrected chi connectivity index (χ4v) is 2.08. The molecule has 0 aliphatic heterocycles. The fourth-order valence-electron chi connectivity index (χ4n) is 2.08. The summed E-state index contributed by atoms with van der Waals surface area (Å²) in [5.41, 5.74) is 3.23. The molecule has 2 aromatic carbocycles. The maximum Gasteiger partial charge on any atom is 0.336 e. The molecule has 0 spiro atoms. The van der Waals surface area contributed by atoms with Crippen LogP contribution in [0.15, 0.2) is 48.5 Å². The molecule has 0 aromatic heterocycles. The number of carbonyl (C=O) groups is 1. The van der Waals surface area contributed by atoms with Gasteiger partial charge in [-0.1, -0.05) is 42.5 Å². The molecule has 1 N–H and O–H groups in total. The first-order valence-corrected chi connectivity index (χ1v) is 6.14. The molecule has 19 heavy (non-hydrogen) atoms. The minimum Gasteiger partial charge on any atom is -0.478 e. The number of hydrogen-bond acceptors (Lipinski definition) is 2. The third-order valence-corrected chi connectivity index (χ3v) is 2.92. The Balaban J connectivity index is 2.35. The van der Waals surface area contributed by atoms with E-state index in [1.165, 1.54) is 5.56 Å². The second-order valence-corrected chi connectivity index (χ2v) is 4.79. The first kappa shape index (κ1) is 13.3. The van der Waals surface area contributed by atoms with Crippen molar-refractivity contribution in [3.8, 4) is 11.1 Å². The monoisotopic (exact) mass is 255 g/mol. The van der Waals surface area contributed by atoms with Gasteiger partial charge in [-0.25, -0.2) is 4.79 Å². The average Bonchev–Trinajstić information content (AvgIpc) is 2.39. The molecule has 0 heterocycles. The first-order chi connectivity index (χ1) is 9.08. The molecule has 0 saturated heterocycles. The van der Waals surface area contributed by atoms with Crippen LogP contribution in [0.25, 0.3) is 11.1 Å². The van der Waals surface area contributed by atoms with Gasteiger partial charge in [-0.15, -0.1) is 0 Å². The van der Waals surface area contributed by atoms with Crippen LogP contribution in [0.2, 0.25) is 0 Å². The third-order valence-electron chi connectivity index (χ3n) is 2.92. The summed E-state index contributed by atoms with van der Waals surface area (Å²) in [5, 5.41) is 9.19. The van der Waals surface area contributed by atoms with Gasteiger partial charge in [-0.3, -0.25) is 0 Å². The van der Waals surface area contributed by atoms with E-state index in [0.29, 0.717) is 5.56 Å². The normalized spacial score (nSPS) is 10.7. The first-order valence-electron chi connectivity index (χ1n) is 6.14. The van der Waals surface area contributed by atoms with Gasteiger partial charge in [-0.2, -0.15) is 0 Å². The lowest BCUT2D eigenvalue weighted by atomic mass is 9.99. The molecule has 0 fully saturated rings. The molecule has 0 bridgehead atoms. The largest absolute Gasteiger partial charge is 0.478 e. The Hall–Kier alpha value is -2.13. The lowest BCUT2D eigenvalue weighted by molar-refractivity contribution is 0.0697. The van der Waals surface area contributed by atoms with Crippen molar-refractivity contribution >= 4 is 5.97 Å². The molecule has 3 heteroatoms. The highest BCUT2D eigenvalue weighted by molar-refractivity contribution is 5.95. The maximum atomic E-state index is 11.2. The topological polar surface area (TPSA) is 40.5 Å². The quantitative estimate of drug-likeness (QED) is 0.912. The van der Waals surface area contributed by atoms with E-state index in [1.54, 1.807) is 12.1 Å². The highest BCUT2D eigenvalue weighted by atomic mass is 16.4. The Labute approximate surface area is 113 Å². The summed E-state index contributed by atoms with van der Waals surface area (Å²) >= 11 is 0. The third kappa shape index (κ3) is 3.20. The summed E-state index contributed by atoms with van der Waals surface area (Å²) in [6, 6.07) is 15.1. The fraction of sp³-hybridized carbons (Fsp3) is 0.188. The van der Waals surface area contributed by atoms with Crippen LogP contribution in [-0.4, -0.2) is 30.1 Å². The second-order valence-electron chi connectivity index (χ2n) is 4.79. The molecule has 98 valence electrons. The van der Waals surface area contributed by atoms with Crippen LogP contribution in [0, 0.1) is 0 Å². The zero-order chi connectivity index (χ0) is 13.8. The second kappa shape index (κ2) is 5.67. The van der Waals surface area contributed by atoms with Crippen molar-refractivity contribution in [1.29, 1.82) is 0 Å². The van der Waals surface area contributed by atoms with Crippen molar-refractivity contribution in [3.05, 3.63) is 59.7 Å². The summed E-state index contributed by atoms with van der Waals surface area (Å²) in [7, 11) is 4.04. The molecule has 0 radical (unpaired) electrons. The lowest BCUT2D eigenvalue weighted by Gasteiger charge is -2.11. The van der Waals surface area contributed by atoms with Gasteiger partial charge < -0.3 is 10.0 Å². The number of nitrogens with zero attached hydrogens (tertiary/aromatic N) is 1. The molecule has 3 nitrogen and oxygen atoms in total. The Morgan fingerprint density at radius 2 is 1.68 bits per heavy atom. The molecule has 0 atom stereocenters. The molecular formula is C16H17NO2. The van der Waals surface area contributed by atoms with E-state index in [4.69, 9.17) is 0 Å². The molecule has 0 aliphatic rings. The van der Waals surface area contributed by atoms with Gasteiger partial charge in [0, 0.05) is 6.54 Å². The van der Waals surface area contributed by atoms with Crippen LogP contribution < -0.4 is 0 Å². The molecule has 0 saturated carbocycles.